The van der Waals surface area contributed by atoms with Gasteiger partial charge in [-0.15, -0.1) is 0 Å². The van der Waals surface area contributed by atoms with Gasteiger partial charge in [-0.1, -0.05) is 37.3 Å². The van der Waals surface area contributed by atoms with E-state index in [2.05, 4.69) is 35.6 Å². The number of benzene rings is 3. The predicted octanol–water partition coefficient (Wildman–Crippen LogP) is 5.97. The van der Waals surface area contributed by atoms with E-state index in [1.54, 1.807) is 12.1 Å². The zero-order chi connectivity index (χ0) is 27.6. The minimum atomic E-state index is -3.36. The third kappa shape index (κ3) is 6.28. The van der Waals surface area contributed by atoms with Crippen molar-refractivity contribution in [1.29, 1.82) is 0 Å². The Morgan fingerprint density at radius 3 is 2.41 bits per heavy atom. The molecule has 39 heavy (non-hydrogen) atoms. The summed E-state index contributed by atoms with van der Waals surface area (Å²) in [6.45, 7) is 6.96. The van der Waals surface area contributed by atoms with Gasteiger partial charge in [-0.25, -0.2) is 8.42 Å². The molecule has 1 saturated heterocycles. The Bertz CT molecular complexity index is 1450. The highest BCUT2D eigenvalue weighted by Crippen LogP contribution is 2.47. The second-order valence-electron chi connectivity index (χ2n) is 10.4. The fourth-order valence-corrected chi connectivity index (χ4v) is 5.81. The zero-order valence-electron chi connectivity index (χ0n) is 22.6. The van der Waals surface area contributed by atoms with Gasteiger partial charge < -0.3 is 9.47 Å². The Labute approximate surface area is 230 Å². The highest BCUT2D eigenvalue weighted by molar-refractivity contribution is 7.92. The van der Waals surface area contributed by atoms with Crippen LogP contribution in [0.2, 0.25) is 0 Å². The minimum Gasteiger partial charge on any atom is -0.492 e. The predicted molar refractivity (Wildman–Crippen MR) is 154 cm³/mol. The third-order valence-corrected chi connectivity index (χ3v) is 7.98. The number of ether oxygens (including phenoxy) is 2. The Hall–Kier alpha value is -3.36. The largest absolute Gasteiger partial charge is 0.492 e. The molecule has 0 radical (unpaired) electrons. The second kappa shape index (κ2) is 11.4. The quantitative estimate of drug-likeness (QED) is 0.337. The molecule has 3 aromatic rings. The molecule has 2 aliphatic heterocycles. The van der Waals surface area contributed by atoms with Gasteiger partial charge in [-0.2, -0.15) is 0 Å². The van der Waals surface area contributed by atoms with Crippen molar-refractivity contribution < 1.29 is 22.3 Å². The lowest BCUT2D eigenvalue weighted by molar-refractivity contribution is 0.0668. The molecule has 0 bridgehead atoms. The summed E-state index contributed by atoms with van der Waals surface area (Å²) in [6, 6.07) is 21.7. The van der Waals surface area contributed by atoms with Gasteiger partial charge in [-0.05, 0) is 72.0 Å². The first kappa shape index (κ1) is 27.2. The van der Waals surface area contributed by atoms with E-state index in [4.69, 9.17) is 9.47 Å². The molecule has 1 atom stereocenters. The van der Waals surface area contributed by atoms with Crippen LogP contribution in [0.3, 0.4) is 0 Å². The maximum absolute atomic E-state index is 12.6. The number of nitrogens with one attached hydrogen (secondary N) is 1. The number of nitrogens with zero attached hydrogens (tertiary/aromatic N) is 1. The van der Waals surface area contributed by atoms with Crippen molar-refractivity contribution in [3.63, 3.8) is 0 Å². The summed E-state index contributed by atoms with van der Waals surface area (Å²) in [5, 5.41) is 0. The SMILES string of the molecule is CCc1ccc2c(c1)C(C)=C(c1ccc(NS(C)(=O)=O)cc1)[C@@H](c1ccc(OCCN3CC(CF)C3)cc1)O2. The summed E-state index contributed by atoms with van der Waals surface area (Å²) in [4.78, 5) is 2.20. The van der Waals surface area contributed by atoms with Crippen molar-refractivity contribution in [2.45, 2.75) is 26.4 Å². The Morgan fingerprint density at radius 2 is 1.77 bits per heavy atom. The highest BCUT2D eigenvalue weighted by atomic mass is 32.2. The Morgan fingerprint density at radius 1 is 1.05 bits per heavy atom. The van der Waals surface area contributed by atoms with Gasteiger partial charge >= 0.3 is 0 Å². The molecule has 0 aromatic heterocycles. The van der Waals surface area contributed by atoms with Gasteiger partial charge in [0.25, 0.3) is 0 Å². The molecule has 1 fully saturated rings. The fraction of sp³-hybridized carbons (Fsp3) is 0.355. The van der Waals surface area contributed by atoms with Gasteiger partial charge in [0.1, 0.15) is 24.2 Å². The van der Waals surface area contributed by atoms with Crippen LogP contribution >= 0.6 is 0 Å². The lowest BCUT2D eigenvalue weighted by Gasteiger charge is -2.37. The zero-order valence-corrected chi connectivity index (χ0v) is 23.4. The van der Waals surface area contributed by atoms with Crippen molar-refractivity contribution in [2.24, 2.45) is 5.92 Å². The van der Waals surface area contributed by atoms with Crippen LogP contribution in [0.25, 0.3) is 11.1 Å². The molecule has 0 saturated carbocycles. The number of aryl methyl sites for hydroxylation is 1. The molecule has 0 unspecified atom stereocenters. The van der Waals surface area contributed by atoms with Crippen LogP contribution < -0.4 is 14.2 Å². The molecule has 0 spiro atoms. The first-order valence-electron chi connectivity index (χ1n) is 13.3. The van der Waals surface area contributed by atoms with Crippen molar-refractivity contribution in [3.05, 3.63) is 89.0 Å². The molecule has 0 amide bonds. The summed E-state index contributed by atoms with van der Waals surface area (Å²) in [5.74, 6) is 1.80. The van der Waals surface area contributed by atoms with Crippen molar-refractivity contribution >= 4 is 26.9 Å². The van der Waals surface area contributed by atoms with Crippen LogP contribution in [0.15, 0.2) is 66.7 Å². The van der Waals surface area contributed by atoms with E-state index >= 15 is 0 Å². The summed E-state index contributed by atoms with van der Waals surface area (Å²) in [5.41, 5.74) is 6.94. The van der Waals surface area contributed by atoms with Gasteiger partial charge in [0, 0.05) is 42.4 Å². The number of fused-ring (bicyclic) bond motifs is 1. The Kier molecular flexibility index (Phi) is 7.96. The molecule has 2 aliphatic rings. The number of allylic oxidation sites excluding steroid dienone is 1. The maximum Gasteiger partial charge on any atom is 0.229 e. The third-order valence-electron chi connectivity index (χ3n) is 7.38. The number of anilines is 1. The van der Waals surface area contributed by atoms with Crippen LogP contribution in [-0.4, -0.2) is 52.5 Å². The average molecular weight is 551 g/mol. The summed E-state index contributed by atoms with van der Waals surface area (Å²) >= 11 is 0. The molecule has 6 nitrogen and oxygen atoms in total. The highest BCUT2D eigenvalue weighted by Gasteiger charge is 2.30. The van der Waals surface area contributed by atoms with E-state index in [0.717, 1.165) is 71.6 Å². The molecule has 5 rings (SSSR count). The van der Waals surface area contributed by atoms with Crippen molar-refractivity contribution in [1.82, 2.24) is 4.90 Å². The number of rotatable bonds is 10. The maximum atomic E-state index is 12.6. The van der Waals surface area contributed by atoms with E-state index in [1.807, 2.05) is 42.5 Å². The fourth-order valence-electron chi connectivity index (χ4n) is 5.24. The van der Waals surface area contributed by atoms with Crippen LogP contribution in [0, 0.1) is 5.92 Å². The van der Waals surface area contributed by atoms with E-state index < -0.39 is 10.0 Å². The van der Waals surface area contributed by atoms with Gasteiger partial charge in [0.2, 0.25) is 10.0 Å². The number of likely N-dealkylation sites (tertiary alicyclic amines) is 1. The lowest BCUT2D eigenvalue weighted by atomic mass is 9.85. The van der Waals surface area contributed by atoms with Crippen LogP contribution in [-0.2, 0) is 16.4 Å². The monoisotopic (exact) mass is 550 g/mol. The number of hydrogen-bond acceptors (Lipinski definition) is 5. The van der Waals surface area contributed by atoms with Crippen molar-refractivity contribution in [2.75, 3.05) is 43.9 Å². The normalized spacial score (nSPS) is 17.8. The lowest BCUT2D eigenvalue weighted by Crippen LogP contribution is -2.49. The molecule has 2 heterocycles. The van der Waals surface area contributed by atoms with Gasteiger partial charge in [0.15, 0.2) is 0 Å². The summed E-state index contributed by atoms with van der Waals surface area (Å²) < 4.78 is 51.1. The molecule has 1 N–H and O–H groups in total. The first-order chi connectivity index (χ1) is 18.7. The van der Waals surface area contributed by atoms with Gasteiger partial charge in [0.05, 0.1) is 12.9 Å². The number of hydrogen-bond donors (Lipinski definition) is 1. The summed E-state index contributed by atoms with van der Waals surface area (Å²) in [6.07, 6.45) is 1.73. The molecule has 0 aliphatic carbocycles. The number of sulfonamides is 1. The number of alkyl halides is 1. The molecule has 8 heteroatoms. The van der Waals surface area contributed by atoms with E-state index in [1.165, 1.54) is 5.56 Å². The average Bonchev–Trinajstić information content (AvgIpc) is 2.90. The standard InChI is InChI=1S/C31H35FN2O4S/c1-4-22-5-14-29-28(17-22)21(2)30(24-6-10-26(11-7-24)33-39(3,35)36)31(38-29)25-8-12-27(13-9-25)37-16-15-34-19-23(18-32)20-34/h5-14,17,23,31,33H,4,15-16,18-20H2,1-3H3/t31-/m1/s1. The molecule has 206 valence electrons. The first-order valence-corrected chi connectivity index (χ1v) is 15.2. The van der Waals surface area contributed by atoms with Crippen LogP contribution in [0.5, 0.6) is 11.5 Å². The second-order valence-corrected chi connectivity index (χ2v) is 12.1. The molecular weight excluding hydrogens is 515 g/mol. The topological polar surface area (TPSA) is 67.9 Å². The molecular formula is C31H35FN2O4S. The van der Waals surface area contributed by atoms with Crippen molar-refractivity contribution in [3.8, 4) is 11.5 Å². The van der Waals surface area contributed by atoms with Crippen LogP contribution in [0.1, 0.15) is 42.2 Å². The van der Waals surface area contributed by atoms with E-state index in [0.29, 0.717) is 12.3 Å². The van der Waals surface area contributed by atoms with Crippen LogP contribution in [0.4, 0.5) is 10.1 Å². The Balaban J connectivity index is 1.40. The minimum absolute atomic E-state index is 0.177. The van der Waals surface area contributed by atoms with Gasteiger partial charge in [-0.3, -0.25) is 14.0 Å². The molecule has 3 aromatic carbocycles. The smallest absolute Gasteiger partial charge is 0.229 e. The van der Waals surface area contributed by atoms with E-state index in [9.17, 15) is 12.8 Å². The van der Waals surface area contributed by atoms with E-state index in [-0.39, 0.29) is 18.7 Å². The summed E-state index contributed by atoms with van der Waals surface area (Å²) in [7, 11) is -3.36. The number of halogens is 1.